The lowest BCUT2D eigenvalue weighted by Crippen LogP contribution is -2.47. The highest BCUT2D eigenvalue weighted by atomic mass is 35.5. The number of ether oxygens (including phenoxy) is 1. The lowest BCUT2D eigenvalue weighted by molar-refractivity contribution is -0.126. The molecule has 0 fully saturated rings. The van der Waals surface area contributed by atoms with Gasteiger partial charge in [-0.25, -0.2) is 4.68 Å². The van der Waals surface area contributed by atoms with Gasteiger partial charge in [0.25, 0.3) is 0 Å². The summed E-state index contributed by atoms with van der Waals surface area (Å²) in [4.78, 5) is 19.7. The van der Waals surface area contributed by atoms with Crippen molar-refractivity contribution in [1.29, 1.82) is 0 Å². The number of carbonyl (C=O) groups excluding carboxylic acids is 1. The maximum Gasteiger partial charge on any atom is 0.235 e. The molecule has 2 atom stereocenters. The molecular weight excluding hydrogens is 400 g/mol. The van der Waals surface area contributed by atoms with Gasteiger partial charge in [0.2, 0.25) is 11.9 Å². The zero-order valence-electron chi connectivity index (χ0n) is 17.5. The van der Waals surface area contributed by atoms with Crippen LogP contribution in [0.1, 0.15) is 50.4 Å². The van der Waals surface area contributed by atoms with Crippen LogP contribution in [0.5, 0.6) is 5.75 Å². The molecule has 0 saturated carbocycles. The third-order valence-electron chi connectivity index (χ3n) is 5.45. The Balaban J connectivity index is 1.87. The molecule has 0 unspecified atom stereocenters. The van der Waals surface area contributed by atoms with Gasteiger partial charge in [-0.05, 0) is 35.7 Å². The number of rotatable bonds is 3. The highest BCUT2D eigenvalue weighted by Crippen LogP contribution is 2.44. The molecule has 1 aromatic heterocycles. The van der Waals surface area contributed by atoms with E-state index in [1.54, 1.807) is 12.0 Å². The van der Waals surface area contributed by atoms with Crippen molar-refractivity contribution >= 4 is 23.5 Å². The SMILES string of the molecule is COc1ccc([C@H]2C[C@@H](c3ccccc3Cl)n3ncnc3N2C(=O)C(C)(C)C)cc1. The summed E-state index contributed by atoms with van der Waals surface area (Å²) in [7, 11) is 1.64. The maximum atomic E-state index is 13.5. The average Bonchev–Trinajstić information content (AvgIpc) is 3.22. The number of amides is 1. The molecule has 3 aromatic rings. The second kappa shape index (κ2) is 7.76. The van der Waals surface area contributed by atoms with E-state index in [1.165, 1.54) is 6.33 Å². The predicted molar refractivity (Wildman–Crippen MR) is 117 cm³/mol. The Morgan fingerprint density at radius 2 is 1.80 bits per heavy atom. The third kappa shape index (κ3) is 3.56. The molecule has 1 aliphatic heterocycles. The molecule has 2 aromatic carbocycles. The van der Waals surface area contributed by atoms with E-state index in [2.05, 4.69) is 10.1 Å². The van der Waals surface area contributed by atoms with E-state index in [0.717, 1.165) is 16.9 Å². The molecule has 4 rings (SSSR count). The van der Waals surface area contributed by atoms with Crippen LogP contribution in [0, 0.1) is 5.41 Å². The van der Waals surface area contributed by atoms with E-state index < -0.39 is 5.41 Å². The van der Waals surface area contributed by atoms with E-state index >= 15 is 0 Å². The number of fused-ring (bicyclic) bond motifs is 1. The van der Waals surface area contributed by atoms with Crippen molar-refractivity contribution in [2.24, 2.45) is 5.41 Å². The number of benzene rings is 2. The first kappa shape index (κ1) is 20.4. The Bertz CT molecular complexity index is 1060. The van der Waals surface area contributed by atoms with Crippen LogP contribution < -0.4 is 9.64 Å². The number of carbonyl (C=O) groups is 1. The predicted octanol–water partition coefficient (Wildman–Crippen LogP) is 5.05. The van der Waals surface area contributed by atoms with Crippen LogP contribution in [-0.4, -0.2) is 27.8 Å². The van der Waals surface area contributed by atoms with Crippen LogP contribution in [0.2, 0.25) is 5.02 Å². The summed E-state index contributed by atoms with van der Waals surface area (Å²) in [5, 5.41) is 5.13. The summed E-state index contributed by atoms with van der Waals surface area (Å²) >= 11 is 6.54. The van der Waals surface area contributed by atoms with Gasteiger partial charge >= 0.3 is 0 Å². The molecule has 0 spiro atoms. The number of hydrogen-bond donors (Lipinski definition) is 0. The van der Waals surface area contributed by atoms with Crippen LogP contribution >= 0.6 is 11.6 Å². The monoisotopic (exact) mass is 424 g/mol. The van der Waals surface area contributed by atoms with Crippen LogP contribution in [0.25, 0.3) is 0 Å². The molecular formula is C23H25ClN4O2. The van der Waals surface area contributed by atoms with Crippen LogP contribution in [-0.2, 0) is 4.79 Å². The van der Waals surface area contributed by atoms with Gasteiger partial charge in [0.15, 0.2) is 0 Å². The van der Waals surface area contributed by atoms with E-state index in [9.17, 15) is 4.79 Å². The van der Waals surface area contributed by atoms with Crippen molar-refractivity contribution in [2.45, 2.75) is 39.3 Å². The first-order chi connectivity index (χ1) is 14.3. The number of methoxy groups -OCH3 is 1. The highest BCUT2D eigenvalue weighted by molar-refractivity contribution is 6.31. The summed E-state index contributed by atoms with van der Waals surface area (Å²) in [5.74, 6) is 1.30. The smallest absolute Gasteiger partial charge is 0.235 e. The Kier molecular flexibility index (Phi) is 5.28. The Labute approximate surface area is 181 Å². The van der Waals surface area contributed by atoms with Gasteiger partial charge in [0.05, 0.1) is 19.2 Å². The molecule has 0 saturated heterocycles. The fraction of sp³-hybridized carbons (Fsp3) is 0.348. The number of nitrogens with zero attached hydrogens (tertiary/aromatic N) is 4. The molecule has 2 heterocycles. The Hall–Kier alpha value is -2.86. The van der Waals surface area contributed by atoms with Crippen molar-refractivity contribution in [1.82, 2.24) is 14.8 Å². The van der Waals surface area contributed by atoms with Crippen molar-refractivity contribution in [2.75, 3.05) is 12.0 Å². The molecule has 0 N–H and O–H groups in total. The molecule has 1 amide bonds. The average molecular weight is 425 g/mol. The third-order valence-corrected chi connectivity index (χ3v) is 5.79. The number of hydrogen-bond acceptors (Lipinski definition) is 4. The van der Waals surface area contributed by atoms with Gasteiger partial charge < -0.3 is 4.74 Å². The lowest BCUT2D eigenvalue weighted by atomic mass is 9.88. The first-order valence-corrected chi connectivity index (χ1v) is 10.3. The van der Waals surface area contributed by atoms with E-state index in [4.69, 9.17) is 16.3 Å². The molecule has 0 aliphatic carbocycles. The van der Waals surface area contributed by atoms with Crippen LogP contribution in [0.3, 0.4) is 0 Å². The largest absolute Gasteiger partial charge is 0.497 e. The summed E-state index contributed by atoms with van der Waals surface area (Å²) in [5.41, 5.74) is 1.41. The van der Waals surface area contributed by atoms with E-state index in [0.29, 0.717) is 17.4 Å². The summed E-state index contributed by atoms with van der Waals surface area (Å²) in [6, 6.07) is 15.3. The van der Waals surface area contributed by atoms with Crippen molar-refractivity contribution in [3.63, 3.8) is 0 Å². The van der Waals surface area contributed by atoms with Gasteiger partial charge in [-0.15, -0.1) is 0 Å². The minimum absolute atomic E-state index is 0.00447. The molecule has 1 aliphatic rings. The highest BCUT2D eigenvalue weighted by Gasteiger charge is 2.42. The number of halogens is 1. The van der Waals surface area contributed by atoms with Crippen LogP contribution in [0.15, 0.2) is 54.9 Å². The Morgan fingerprint density at radius 1 is 1.10 bits per heavy atom. The normalized spacial score (nSPS) is 18.8. The minimum atomic E-state index is -0.571. The zero-order chi connectivity index (χ0) is 21.5. The number of aromatic nitrogens is 3. The van der Waals surface area contributed by atoms with Gasteiger partial charge in [-0.2, -0.15) is 10.1 Å². The fourth-order valence-electron chi connectivity index (χ4n) is 3.90. The molecule has 156 valence electrons. The minimum Gasteiger partial charge on any atom is -0.497 e. The molecule has 7 heteroatoms. The summed E-state index contributed by atoms with van der Waals surface area (Å²) in [6.45, 7) is 5.75. The van der Waals surface area contributed by atoms with Crippen molar-refractivity contribution in [3.05, 3.63) is 71.0 Å². The first-order valence-electron chi connectivity index (χ1n) is 9.93. The molecule has 0 bridgehead atoms. The molecule has 6 nitrogen and oxygen atoms in total. The van der Waals surface area contributed by atoms with Crippen LogP contribution in [0.4, 0.5) is 5.95 Å². The molecule has 30 heavy (non-hydrogen) atoms. The molecule has 0 radical (unpaired) electrons. The maximum absolute atomic E-state index is 13.5. The second-order valence-electron chi connectivity index (χ2n) is 8.49. The van der Waals surface area contributed by atoms with Crippen molar-refractivity contribution < 1.29 is 9.53 Å². The summed E-state index contributed by atoms with van der Waals surface area (Å²) in [6.07, 6.45) is 2.13. The van der Waals surface area contributed by atoms with Gasteiger partial charge in [-0.1, -0.05) is 62.7 Å². The van der Waals surface area contributed by atoms with E-state index in [-0.39, 0.29) is 18.0 Å². The van der Waals surface area contributed by atoms with Gasteiger partial charge in [-0.3, -0.25) is 9.69 Å². The van der Waals surface area contributed by atoms with Gasteiger partial charge in [0.1, 0.15) is 12.1 Å². The van der Waals surface area contributed by atoms with Crippen molar-refractivity contribution in [3.8, 4) is 5.75 Å². The quantitative estimate of drug-likeness (QED) is 0.590. The topological polar surface area (TPSA) is 60.2 Å². The van der Waals surface area contributed by atoms with E-state index in [1.807, 2.05) is 74.0 Å². The second-order valence-corrected chi connectivity index (χ2v) is 8.90. The standard InChI is InChI=1S/C23H25ClN4O2/c1-23(2,3)21(29)27-19(15-9-11-16(30-4)12-10-15)13-20(28-22(27)25-14-26-28)17-7-5-6-8-18(17)24/h5-12,14,19-20H,13H2,1-4H3/t19-,20+/m1/s1. The summed E-state index contributed by atoms with van der Waals surface area (Å²) < 4.78 is 7.12. The number of anilines is 1. The zero-order valence-corrected chi connectivity index (χ0v) is 18.3. The Morgan fingerprint density at radius 3 is 2.43 bits per heavy atom. The fourth-order valence-corrected chi connectivity index (χ4v) is 4.16. The van der Waals surface area contributed by atoms with Gasteiger partial charge in [0, 0.05) is 10.4 Å². The lowest BCUT2D eigenvalue weighted by Gasteiger charge is -2.41.